The van der Waals surface area contributed by atoms with E-state index in [0.717, 1.165) is 11.8 Å². The van der Waals surface area contributed by atoms with Gasteiger partial charge in [0, 0.05) is 6.04 Å². The zero-order valence-electron chi connectivity index (χ0n) is 17.3. The summed E-state index contributed by atoms with van der Waals surface area (Å²) in [7, 11) is -3.58. The average molecular weight is 428 g/mol. The summed E-state index contributed by atoms with van der Waals surface area (Å²) in [5.74, 6) is -0.499. The molecule has 1 aromatic carbocycles. The van der Waals surface area contributed by atoms with E-state index in [1.165, 1.54) is 4.90 Å². The van der Waals surface area contributed by atoms with Crippen LogP contribution in [0.2, 0.25) is 0 Å². The van der Waals surface area contributed by atoms with E-state index in [-0.39, 0.29) is 25.7 Å². The summed E-state index contributed by atoms with van der Waals surface area (Å²) < 4.78 is 38.1. The molecule has 0 bridgehead atoms. The van der Waals surface area contributed by atoms with Crippen molar-refractivity contribution in [1.29, 1.82) is 0 Å². The predicted octanol–water partition coefficient (Wildman–Crippen LogP) is 2.86. The Bertz CT molecular complexity index is 802. The van der Waals surface area contributed by atoms with Crippen LogP contribution in [0.4, 0.5) is 4.79 Å². The summed E-state index contributed by atoms with van der Waals surface area (Å²) in [5, 5.41) is 0. The van der Waals surface area contributed by atoms with Crippen LogP contribution in [0, 0.1) is 0 Å². The highest BCUT2D eigenvalue weighted by Crippen LogP contribution is 2.29. The van der Waals surface area contributed by atoms with Gasteiger partial charge in [0.2, 0.25) is 0 Å². The molecule has 2 rings (SSSR count). The third kappa shape index (κ3) is 7.66. The lowest BCUT2D eigenvalue weighted by Crippen LogP contribution is -2.47. The lowest BCUT2D eigenvalue weighted by molar-refractivity contribution is -0.160. The highest BCUT2D eigenvalue weighted by Gasteiger charge is 2.43. The fraction of sp³-hybridized carbons (Fsp3) is 0.600. The van der Waals surface area contributed by atoms with E-state index >= 15 is 0 Å². The molecule has 1 aliphatic heterocycles. The summed E-state index contributed by atoms with van der Waals surface area (Å²) in [5.41, 5.74) is 0.139. The molecule has 9 heteroatoms. The minimum Gasteiger partial charge on any atom is -0.458 e. The van der Waals surface area contributed by atoms with Crippen molar-refractivity contribution < 1.29 is 31.7 Å². The number of likely N-dealkylation sites (tertiary alicyclic amines) is 1. The van der Waals surface area contributed by atoms with Crippen molar-refractivity contribution in [3.63, 3.8) is 0 Å². The number of esters is 1. The number of carbonyl (C=O) groups excluding carboxylic acids is 2. The molecular formula is C20H29NO7S. The van der Waals surface area contributed by atoms with Gasteiger partial charge in [-0.2, -0.15) is 8.42 Å². The highest BCUT2D eigenvalue weighted by atomic mass is 32.2. The topological polar surface area (TPSA) is 99.2 Å². The maximum Gasteiger partial charge on any atom is 0.411 e. The summed E-state index contributed by atoms with van der Waals surface area (Å²) in [6.45, 7) is 5.27. The van der Waals surface area contributed by atoms with Crippen molar-refractivity contribution >= 4 is 22.2 Å². The molecule has 0 unspecified atom stereocenters. The van der Waals surface area contributed by atoms with Crippen molar-refractivity contribution in [2.75, 3.05) is 12.9 Å². The van der Waals surface area contributed by atoms with E-state index < -0.39 is 33.8 Å². The molecule has 0 saturated carbocycles. The van der Waals surface area contributed by atoms with Crippen molar-refractivity contribution in [3.05, 3.63) is 35.9 Å². The Morgan fingerprint density at radius 1 is 1.14 bits per heavy atom. The number of ether oxygens (including phenoxy) is 2. The number of hydrogen-bond donors (Lipinski definition) is 0. The number of carbonyl (C=O) groups is 2. The molecule has 1 aliphatic rings. The van der Waals surface area contributed by atoms with Gasteiger partial charge in [-0.15, -0.1) is 0 Å². The third-order valence-corrected chi connectivity index (χ3v) is 4.94. The third-order valence-electron chi connectivity index (χ3n) is 4.35. The van der Waals surface area contributed by atoms with E-state index in [9.17, 15) is 18.0 Å². The standard InChI is InChI=1S/C20H29NO7S/c1-20(2,3)28-18(22)17-11-10-16(12-13-27-29(4,24)25)21(17)19(23)26-14-15-8-6-5-7-9-15/h5-9,16-17H,10-14H2,1-4H3/t16-,17+/m1/s1. The molecule has 1 heterocycles. The van der Waals surface area contributed by atoms with Crippen LogP contribution in [0.15, 0.2) is 30.3 Å². The molecule has 1 amide bonds. The van der Waals surface area contributed by atoms with Gasteiger partial charge < -0.3 is 9.47 Å². The normalized spacial score (nSPS) is 19.8. The first-order valence-corrected chi connectivity index (χ1v) is 11.3. The summed E-state index contributed by atoms with van der Waals surface area (Å²) >= 11 is 0. The summed E-state index contributed by atoms with van der Waals surface area (Å²) in [4.78, 5) is 26.8. The van der Waals surface area contributed by atoms with Crippen LogP contribution in [0.25, 0.3) is 0 Å². The fourth-order valence-corrected chi connectivity index (χ4v) is 3.57. The van der Waals surface area contributed by atoms with Crippen molar-refractivity contribution in [2.24, 2.45) is 0 Å². The number of nitrogens with zero attached hydrogens (tertiary/aromatic N) is 1. The molecule has 2 atom stereocenters. The Kier molecular flexibility index (Phi) is 7.65. The van der Waals surface area contributed by atoms with Crippen LogP contribution in [0.1, 0.15) is 45.6 Å². The Morgan fingerprint density at radius 2 is 1.79 bits per heavy atom. The van der Waals surface area contributed by atoms with Crippen LogP contribution in [-0.4, -0.2) is 55.9 Å². The lowest BCUT2D eigenvalue weighted by atomic mass is 10.1. The first-order chi connectivity index (χ1) is 13.5. The Hall–Kier alpha value is -2.13. The zero-order valence-corrected chi connectivity index (χ0v) is 18.1. The minimum atomic E-state index is -3.58. The van der Waals surface area contributed by atoms with Crippen LogP contribution >= 0.6 is 0 Å². The average Bonchev–Trinajstić information content (AvgIpc) is 3.02. The smallest absolute Gasteiger partial charge is 0.411 e. The van der Waals surface area contributed by atoms with Gasteiger partial charge in [-0.05, 0) is 45.6 Å². The molecule has 0 radical (unpaired) electrons. The van der Waals surface area contributed by atoms with E-state index in [1.54, 1.807) is 20.8 Å². The number of rotatable bonds is 7. The molecule has 1 saturated heterocycles. The van der Waals surface area contributed by atoms with Gasteiger partial charge in [-0.3, -0.25) is 9.08 Å². The Morgan fingerprint density at radius 3 is 2.38 bits per heavy atom. The maximum absolute atomic E-state index is 12.8. The first kappa shape index (κ1) is 23.2. The van der Waals surface area contributed by atoms with Gasteiger partial charge in [-0.25, -0.2) is 9.59 Å². The fourth-order valence-electron chi connectivity index (χ4n) is 3.17. The SMILES string of the molecule is CC(C)(C)OC(=O)[C@@H]1CC[C@H](CCOS(C)(=O)=O)N1C(=O)OCc1ccccc1. The predicted molar refractivity (Wildman–Crippen MR) is 107 cm³/mol. The van der Waals surface area contributed by atoms with Gasteiger partial charge in [0.25, 0.3) is 10.1 Å². The number of hydrogen-bond acceptors (Lipinski definition) is 7. The van der Waals surface area contributed by atoms with E-state index in [4.69, 9.17) is 13.7 Å². The number of amides is 1. The summed E-state index contributed by atoms with van der Waals surface area (Å²) in [6, 6.07) is 8.06. The van der Waals surface area contributed by atoms with Gasteiger partial charge >= 0.3 is 12.1 Å². The molecule has 0 spiro atoms. The Balaban J connectivity index is 2.09. The highest BCUT2D eigenvalue weighted by molar-refractivity contribution is 7.85. The van der Waals surface area contributed by atoms with Crippen LogP contribution in [0.5, 0.6) is 0 Å². The quantitative estimate of drug-likeness (QED) is 0.487. The van der Waals surface area contributed by atoms with Crippen molar-refractivity contribution in [1.82, 2.24) is 4.90 Å². The molecule has 0 aromatic heterocycles. The minimum absolute atomic E-state index is 0.0732. The van der Waals surface area contributed by atoms with Crippen LogP contribution in [-0.2, 0) is 35.2 Å². The second kappa shape index (κ2) is 9.58. The molecular weight excluding hydrogens is 398 g/mol. The van der Waals surface area contributed by atoms with Gasteiger partial charge in [-0.1, -0.05) is 30.3 Å². The number of benzene rings is 1. The Labute approximate surface area is 172 Å². The maximum atomic E-state index is 12.8. The molecule has 1 aromatic rings. The van der Waals surface area contributed by atoms with Crippen molar-refractivity contribution in [2.45, 2.75) is 64.3 Å². The monoisotopic (exact) mass is 427 g/mol. The molecule has 0 aliphatic carbocycles. The zero-order chi connectivity index (χ0) is 21.7. The van der Waals surface area contributed by atoms with E-state index in [2.05, 4.69) is 0 Å². The molecule has 162 valence electrons. The van der Waals surface area contributed by atoms with Crippen molar-refractivity contribution in [3.8, 4) is 0 Å². The lowest BCUT2D eigenvalue weighted by Gasteiger charge is -2.30. The molecule has 29 heavy (non-hydrogen) atoms. The molecule has 0 N–H and O–H groups in total. The summed E-state index contributed by atoms with van der Waals surface area (Å²) in [6.07, 6.45) is 1.55. The van der Waals surface area contributed by atoms with E-state index in [1.807, 2.05) is 30.3 Å². The second-order valence-corrected chi connectivity index (χ2v) is 9.69. The van der Waals surface area contributed by atoms with Gasteiger partial charge in [0.1, 0.15) is 18.2 Å². The van der Waals surface area contributed by atoms with Crippen LogP contribution in [0.3, 0.4) is 0 Å². The first-order valence-electron chi connectivity index (χ1n) is 9.52. The van der Waals surface area contributed by atoms with Gasteiger partial charge in [0.05, 0.1) is 12.9 Å². The van der Waals surface area contributed by atoms with Gasteiger partial charge in [0.15, 0.2) is 0 Å². The second-order valence-electron chi connectivity index (χ2n) is 8.04. The molecule has 1 fully saturated rings. The molecule has 8 nitrogen and oxygen atoms in total. The largest absolute Gasteiger partial charge is 0.458 e. The van der Waals surface area contributed by atoms with Crippen LogP contribution < -0.4 is 0 Å². The van der Waals surface area contributed by atoms with E-state index in [0.29, 0.717) is 12.8 Å².